The van der Waals surface area contributed by atoms with Gasteiger partial charge >= 0.3 is 0 Å². The van der Waals surface area contributed by atoms with Gasteiger partial charge in [0.05, 0.1) is 17.1 Å². The van der Waals surface area contributed by atoms with E-state index in [-0.39, 0.29) is 21.7 Å². The van der Waals surface area contributed by atoms with Crippen LogP contribution in [0.15, 0.2) is 82.0 Å². The lowest BCUT2D eigenvalue weighted by atomic mass is 9.46. The molecule has 0 aromatic heterocycles. The van der Waals surface area contributed by atoms with Crippen molar-refractivity contribution in [2.75, 3.05) is 0 Å². The summed E-state index contributed by atoms with van der Waals surface area (Å²) in [6, 6.07) is 10.2. The van der Waals surface area contributed by atoms with E-state index >= 15 is 0 Å². The highest BCUT2D eigenvalue weighted by Crippen LogP contribution is 2.70. The van der Waals surface area contributed by atoms with Gasteiger partial charge < -0.3 is 0 Å². The lowest BCUT2D eigenvalue weighted by Gasteiger charge is -2.53. The van der Waals surface area contributed by atoms with E-state index < -0.39 is 0 Å². The number of rotatable bonds is 0. The van der Waals surface area contributed by atoms with Gasteiger partial charge in [-0.2, -0.15) is 0 Å². The monoisotopic (exact) mass is 577 g/mol. The first-order valence-electron chi connectivity index (χ1n) is 16.9. The van der Waals surface area contributed by atoms with E-state index in [1.165, 1.54) is 61.2 Å². The van der Waals surface area contributed by atoms with Gasteiger partial charge in [-0.1, -0.05) is 113 Å². The molecule has 0 amide bonds. The summed E-state index contributed by atoms with van der Waals surface area (Å²) >= 11 is 0. The molecule has 0 heteroatoms. The summed E-state index contributed by atoms with van der Waals surface area (Å²) in [5.74, 6) is 2.76. The third kappa shape index (κ3) is 3.79. The molecular formula is C44H49+. The third-order valence-electron chi connectivity index (χ3n) is 11.3. The van der Waals surface area contributed by atoms with Crippen LogP contribution in [0.4, 0.5) is 0 Å². The SMILES string of the molecule is CC(C)(C)C1=CC2=Cc3cc(C(C)(C)C)cc4c3C3[C+]2C(=C1)C1=CC(C(C)(C)C)=CC2=Cc5cc(C(C)(C)C)cc-4c5C3C21. The standard InChI is InChI=1S/C44H49/c1-41(2,3)27-15-23-13-24-16-29(43(7,8)9)21-33-34-22-30(44(10,11)12)18-26-14-25-17-28(42(4,5)6)20-32-31(19-27)35(23)39(37(24)33)40(36(25)32)38(26)34/h13-22,35,39-40H,1-12H3/q+1. The Hall–Kier alpha value is -3.25. The molecule has 0 bridgehead atoms. The van der Waals surface area contributed by atoms with Crippen LogP contribution in [0.1, 0.15) is 128 Å². The van der Waals surface area contributed by atoms with Crippen molar-refractivity contribution in [2.45, 2.75) is 106 Å². The summed E-state index contributed by atoms with van der Waals surface area (Å²) in [4.78, 5) is 0. The van der Waals surface area contributed by atoms with Crippen molar-refractivity contribution in [2.24, 2.45) is 16.7 Å². The van der Waals surface area contributed by atoms with Crippen molar-refractivity contribution in [3.05, 3.63) is 121 Å². The Balaban J connectivity index is 1.54. The molecule has 224 valence electrons. The fourth-order valence-corrected chi connectivity index (χ4v) is 8.77. The second-order valence-electron chi connectivity index (χ2n) is 18.5. The predicted octanol–water partition coefficient (Wildman–Crippen LogP) is 12.0. The Bertz CT molecular complexity index is 1730. The zero-order chi connectivity index (χ0) is 31.5. The average molecular weight is 578 g/mol. The highest BCUT2D eigenvalue weighted by atomic mass is 14.6. The van der Waals surface area contributed by atoms with Gasteiger partial charge in [-0.15, -0.1) is 0 Å². The van der Waals surface area contributed by atoms with Gasteiger partial charge in [0.15, 0.2) is 0 Å². The van der Waals surface area contributed by atoms with Crippen LogP contribution in [0.3, 0.4) is 0 Å². The molecule has 8 rings (SSSR count). The van der Waals surface area contributed by atoms with Crippen molar-refractivity contribution in [1.82, 2.24) is 0 Å². The fraction of sp³-hybridized carbons (Fsp3) is 0.432. The van der Waals surface area contributed by atoms with Crippen molar-refractivity contribution in [3.8, 4) is 11.1 Å². The van der Waals surface area contributed by atoms with Gasteiger partial charge in [0.25, 0.3) is 0 Å². The second kappa shape index (κ2) is 8.31. The summed E-state index contributed by atoms with van der Waals surface area (Å²) in [5, 5.41) is 0. The minimum Gasteiger partial charge on any atom is -0.0561 e. The molecule has 2 aromatic carbocycles. The molecule has 0 aliphatic heterocycles. The maximum absolute atomic E-state index is 2.60. The van der Waals surface area contributed by atoms with E-state index in [4.69, 9.17) is 0 Å². The number of allylic oxidation sites excluding steroid dienone is 10. The Kier molecular flexibility index (Phi) is 5.33. The first-order valence-corrected chi connectivity index (χ1v) is 16.9. The summed E-state index contributed by atoms with van der Waals surface area (Å²) < 4.78 is 0. The lowest BCUT2D eigenvalue weighted by Crippen LogP contribution is -2.42. The smallest absolute Gasteiger partial charge is 0.0561 e. The molecule has 1 saturated carbocycles. The van der Waals surface area contributed by atoms with Crippen molar-refractivity contribution < 1.29 is 0 Å². The molecule has 0 N–H and O–H groups in total. The summed E-state index contributed by atoms with van der Waals surface area (Å²) in [6.07, 6.45) is 15.4. The molecule has 0 spiro atoms. The Morgan fingerprint density at radius 1 is 0.523 bits per heavy atom. The Labute approximate surface area is 266 Å². The first-order chi connectivity index (χ1) is 20.3. The molecule has 44 heavy (non-hydrogen) atoms. The summed E-state index contributed by atoms with van der Waals surface area (Å²) in [6.45, 7) is 28.5. The van der Waals surface area contributed by atoms with Gasteiger partial charge in [-0.25, -0.2) is 0 Å². The molecule has 1 fully saturated rings. The molecule has 0 heterocycles. The molecule has 2 aromatic rings. The minimum absolute atomic E-state index is 0.0731. The minimum atomic E-state index is 0.0731. The van der Waals surface area contributed by atoms with Gasteiger partial charge in [-0.3, -0.25) is 0 Å². The quantitative estimate of drug-likeness (QED) is 0.273. The molecule has 0 saturated heterocycles. The topological polar surface area (TPSA) is 0 Å². The highest BCUT2D eigenvalue weighted by molar-refractivity contribution is 5.93. The van der Waals surface area contributed by atoms with Gasteiger partial charge in [-0.05, 0) is 78.5 Å². The maximum Gasteiger partial charge on any atom is 0.0810 e. The van der Waals surface area contributed by atoms with E-state index in [2.05, 4.69) is 144 Å². The first kappa shape index (κ1) is 28.2. The highest BCUT2D eigenvalue weighted by Gasteiger charge is 2.59. The predicted molar refractivity (Wildman–Crippen MR) is 189 cm³/mol. The number of hydrogen-bond acceptors (Lipinski definition) is 0. The largest absolute Gasteiger partial charge is 0.0810 e. The van der Waals surface area contributed by atoms with E-state index in [1.807, 2.05) is 0 Å². The molecule has 0 nitrogen and oxygen atoms in total. The normalized spacial score (nSPS) is 24.5. The van der Waals surface area contributed by atoms with E-state index in [9.17, 15) is 0 Å². The Morgan fingerprint density at radius 2 is 1.07 bits per heavy atom. The number of benzene rings is 2. The second-order valence-corrected chi connectivity index (χ2v) is 18.5. The molecule has 6 aliphatic carbocycles. The lowest BCUT2D eigenvalue weighted by molar-refractivity contribution is 0.425. The van der Waals surface area contributed by atoms with Crippen LogP contribution in [0.2, 0.25) is 0 Å². The number of fused-ring (bicyclic) bond motifs is 2. The Morgan fingerprint density at radius 3 is 1.64 bits per heavy atom. The zero-order valence-electron chi connectivity index (χ0n) is 29.0. The van der Waals surface area contributed by atoms with E-state index in [0.717, 1.165) is 0 Å². The van der Waals surface area contributed by atoms with Crippen LogP contribution in [0.25, 0.3) is 23.3 Å². The van der Waals surface area contributed by atoms with Crippen LogP contribution in [-0.2, 0) is 10.8 Å². The van der Waals surface area contributed by atoms with Gasteiger partial charge in [0.2, 0.25) is 0 Å². The number of hydrogen-bond donors (Lipinski definition) is 0. The van der Waals surface area contributed by atoms with Crippen molar-refractivity contribution >= 4 is 12.2 Å². The zero-order valence-corrected chi connectivity index (χ0v) is 29.0. The molecule has 6 aliphatic rings. The van der Waals surface area contributed by atoms with Crippen molar-refractivity contribution in [1.29, 1.82) is 0 Å². The maximum atomic E-state index is 2.60. The van der Waals surface area contributed by atoms with Crippen LogP contribution in [0, 0.1) is 22.7 Å². The average Bonchev–Trinajstić information content (AvgIpc) is 2.90. The van der Waals surface area contributed by atoms with Crippen LogP contribution < -0.4 is 0 Å². The van der Waals surface area contributed by atoms with Crippen molar-refractivity contribution in [3.63, 3.8) is 0 Å². The van der Waals surface area contributed by atoms with Crippen LogP contribution in [-0.4, -0.2) is 0 Å². The third-order valence-corrected chi connectivity index (χ3v) is 11.3. The summed E-state index contributed by atoms with van der Waals surface area (Å²) in [7, 11) is 0. The van der Waals surface area contributed by atoms with E-state index in [0.29, 0.717) is 17.8 Å². The molecular weight excluding hydrogens is 528 g/mol. The van der Waals surface area contributed by atoms with Gasteiger partial charge in [0, 0.05) is 58.1 Å². The summed E-state index contributed by atoms with van der Waals surface area (Å²) in [5.41, 5.74) is 21.1. The molecule has 3 unspecified atom stereocenters. The molecule has 3 atom stereocenters. The van der Waals surface area contributed by atoms with Crippen LogP contribution in [0.5, 0.6) is 0 Å². The fourth-order valence-electron chi connectivity index (χ4n) is 8.77. The van der Waals surface area contributed by atoms with E-state index in [1.54, 1.807) is 22.6 Å². The van der Waals surface area contributed by atoms with Gasteiger partial charge in [0.1, 0.15) is 0 Å². The molecule has 0 radical (unpaired) electrons. The van der Waals surface area contributed by atoms with Crippen LogP contribution >= 0.6 is 0 Å².